The standard InChI is InChI=1S/C38H64O5Si2/c1-13-24-38(25-15-26-38)34(43-45(11,12)37(5,6)7)17-14-16-31-30(23-20-28-18-21-29(22-19-28)35(40)41-8)32(39)27-33(31)42-44(9,10)36(2,3)4/h14,16,18-19,21-22,30-31,33-34H,13,15,17,20,23-27H2,1-12H3/b16-14+/t30-,31-,33-,34?/m1/s1. The first-order chi connectivity index (χ1) is 20.8. The number of ether oxygens (including phenoxy) is 1. The summed E-state index contributed by atoms with van der Waals surface area (Å²) in [5.41, 5.74) is 1.94. The number of Topliss-reactive ketones (excluding diaryl/α,β-unsaturated/α-hetero) is 1. The number of methoxy groups -OCH3 is 1. The summed E-state index contributed by atoms with van der Waals surface area (Å²) in [7, 11) is -2.64. The zero-order chi connectivity index (χ0) is 33.8. The summed E-state index contributed by atoms with van der Waals surface area (Å²) in [5, 5.41) is 0.231. The minimum atomic E-state index is -2.08. The SMILES string of the molecule is CCCC1(C(C/C=C/[C@H]2[C@H](O[Si](C)(C)C(C)(C)C)CC(=O)[C@@H]2CCc2ccc(C(=O)OC)cc2)O[Si](C)(C)C(C)(C)C)CCC1. The van der Waals surface area contributed by atoms with E-state index in [0.29, 0.717) is 17.8 Å². The van der Waals surface area contributed by atoms with Crippen LogP contribution < -0.4 is 0 Å². The van der Waals surface area contributed by atoms with Crippen molar-refractivity contribution in [2.24, 2.45) is 17.3 Å². The third-order valence-corrected chi connectivity index (χ3v) is 20.8. The molecule has 1 aromatic rings. The zero-order valence-corrected chi connectivity index (χ0v) is 32.7. The molecule has 0 spiro atoms. The first kappa shape index (κ1) is 37.9. The lowest BCUT2D eigenvalue weighted by molar-refractivity contribution is -0.121. The highest BCUT2D eigenvalue weighted by Crippen LogP contribution is 2.52. The van der Waals surface area contributed by atoms with E-state index in [2.05, 4.69) is 86.8 Å². The van der Waals surface area contributed by atoms with Crippen molar-refractivity contribution in [2.45, 2.75) is 155 Å². The quantitative estimate of drug-likeness (QED) is 0.113. The number of carbonyl (C=O) groups excluding carboxylic acids is 2. The Morgan fingerprint density at radius 1 is 1.00 bits per heavy atom. The summed E-state index contributed by atoms with van der Waals surface area (Å²) in [6, 6.07) is 7.59. The second-order valence-corrected chi connectivity index (χ2v) is 26.5. The predicted molar refractivity (Wildman–Crippen MR) is 192 cm³/mol. The first-order valence-electron chi connectivity index (χ1n) is 17.5. The summed E-state index contributed by atoms with van der Waals surface area (Å²) in [4.78, 5) is 25.6. The zero-order valence-electron chi connectivity index (χ0n) is 30.7. The molecule has 0 aromatic heterocycles. The van der Waals surface area contributed by atoms with Crippen LogP contribution in [0.2, 0.25) is 36.3 Å². The Hall–Kier alpha value is -1.55. The Balaban J connectivity index is 1.88. The van der Waals surface area contributed by atoms with Crippen LogP contribution in [-0.2, 0) is 24.8 Å². The van der Waals surface area contributed by atoms with E-state index in [9.17, 15) is 9.59 Å². The van der Waals surface area contributed by atoms with Gasteiger partial charge in [-0.25, -0.2) is 4.79 Å². The molecule has 254 valence electrons. The van der Waals surface area contributed by atoms with E-state index in [0.717, 1.165) is 24.8 Å². The number of benzene rings is 1. The van der Waals surface area contributed by atoms with Gasteiger partial charge in [-0.15, -0.1) is 0 Å². The van der Waals surface area contributed by atoms with E-state index >= 15 is 0 Å². The molecule has 0 N–H and O–H groups in total. The molecule has 0 bridgehead atoms. The highest BCUT2D eigenvalue weighted by molar-refractivity contribution is 6.74. The molecular weight excluding hydrogens is 593 g/mol. The second-order valence-electron chi connectivity index (χ2n) is 17.0. The molecule has 2 saturated carbocycles. The van der Waals surface area contributed by atoms with Crippen LogP contribution in [0.4, 0.5) is 0 Å². The van der Waals surface area contributed by atoms with Gasteiger partial charge >= 0.3 is 5.97 Å². The molecule has 1 unspecified atom stereocenters. The largest absolute Gasteiger partial charge is 0.465 e. The first-order valence-corrected chi connectivity index (χ1v) is 23.3. The number of hydrogen-bond donors (Lipinski definition) is 0. The molecule has 0 amide bonds. The van der Waals surface area contributed by atoms with Gasteiger partial charge < -0.3 is 13.6 Å². The Morgan fingerprint density at radius 3 is 2.09 bits per heavy atom. The van der Waals surface area contributed by atoms with Gasteiger partial charge in [0.25, 0.3) is 0 Å². The molecule has 45 heavy (non-hydrogen) atoms. The third-order valence-electron chi connectivity index (χ3n) is 11.8. The molecular formula is C38H64O5Si2. The minimum Gasteiger partial charge on any atom is -0.465 e. The van der Waals surface area contributed by atoms with Crippen LogP contribution in [0.25, 0.3) is 0 Å². The maximum absolute atomic E-state index is 13.7. The van der Waals surface area contributed by atoms with E-state index in [4.69, 9.17) is 13.6 Å². The number of hydrogen-bond acceptors (Lipinski definition) is 5. The second kappa shape index (κ2) is 14.7. The van der Waals surface area contributed by atoms with Crippen LogP contribution in [-0.4, -0.2) is 47.7 Å². The molecule has 4 atom stereocenters. The van der Waals surface area contributed by atoms with Crippen molar-refractivity contribution in [3.8, 4) is 0 Å². The lowest BCUT2D eigenvalue weighted by Gasteiger charge is -2.51. The summed E-state index contributed by atoms with van der Waals surface area (Å²) >= 11 is 0. The molecule has 1 aromatic carbocycles. The van der Waals surface area contributed by atoms with Crippen molar-refractivity contribution in [1.29, 1.82) is 0 Å². The van der Waals surface area contributed by atoms with Gasteiger partial charge in [0.15, 0.2) is 16.6 Å². The lowest BCUT2D eigenvalue weighted by Crippen LogP contribution is -2.51. The molecule has 2 fully saturated rings. The van der Waals surface area contributed by atoms with Gasteiger partial charge in [0.2, 0.25) is 0 Å². The van der Waals surface area contributed by atoms with E-state index < -0.39 is 16.6 Å². The maximum atomic E-state index is 13.7. The Kier molecular flexibility index (Phi) is 12.4. The summed E-state index contributed by atoms with van der Waals surface area (Å²) in [6.45, 7) is 25.5. The van der Waals surface area contributed by atoms with Crippen LogP contribution >= 0.6 is 0 Å². The average molecular weight is 657 g/mol. The minimum absolute atomic E-state index is 0.0537. The normalized spacial score (nSPS) is 23.3. The van der Waals surface area contributed by atoms with E-state index in [-0.39, 0.29) is 45.5 Å². The molecule has 0 aliphatic heterocycles. The van der Waals surface area contributed by atoms with Gasteiger partial charge in [0.05, 0.1) is 24.9 Å². The molecule has 0 saturated heterocycles. The van der Waals surface area contributed by atoms with Gasteiger partial charge in [-0.3, -0.25) is 4.79 Å². The number of ketones is 1. The van der Waals surface area contributed by atoms with Crippen molar-refractivity contribution in [1.82, 2.24) is 0 Å². The predicted octanol–water partition coefficient (Wildman–Crippen LogP) is 10.3. The van der Waals surface area contributed by atoms with Crippen molar-refractivity contribution in [2.75, 3.05) is 7.11 Å². The number of esters is 1. The lowest BCUT2D eigenvalue weighted by atomic mass is 9.62. The Bertz CT molecular complexity index is 1170. The number of rotatable bonds is 14. The van der Waals surface area contributed by atoms with Gasteiger partial charge in [0, 0.05) is 18.3 Å². The van der Waals surface area contributed by atoms with Crippen LogP contribution in [0.3, 0.4) is 0 Å². The Morgan fingerprint density at radius 2 is 1.60 bits per heavy atom. The topological polar surface area (TPSA) is 61.8 Å². The molecule has 2 aliphatic rings. The molecule has 0 heterocycles. The molecule has 3 rings (SSSR count). The van der Waals surface area contributed by atoms with Gasteiger partial charge in [0.1, 0.15) is 5.78 Å². The fraction of sp³-hybridized carbons (Fsp3) is 0.737. The maximum Gasteiger partial charge on any atom is 0.337 e. The molecule has 0 radical (unpaired) electrons. The number of carbonyl (C=O) groups is 2. The van der Waals surface area contributed by atoms with Crippen molar-refractivity contribution in [3.05, 3.63) is 47.5 Å². The van der Waals surface area contributed by atoms with E-state index in [1.165, 1.54) is 39.2 Å². The average Bonchev–Trinajstić information content (AvgIpc) is 3.20. The van der Waals surface area contributed by atoms with Gasteiger partial charge in [-0.2, -0.15) is 0 Å². The third kappa shape index (κ3) is 9.08. The monoisotopic (exact) mass is 656 g/mol. The van der Waals surface area contributed by atoms with Crippen LogP contribution in [0, 0.1) is 17.3 Å². The molecule has 7 heteroatoms. The fourth-order valence-electron chi connectivity index (χ4n) is 6.67. The Labute approximate surface area is 277 Å². The summed E-state index contributed by atoms with van der Waals surface area (Å²) in [5.74, 6) is -0.0424. The number of aryl methyl sites for hydroxylation is 1. The highest BCUT2D eigenvalue weighted by Gasteiger charge is 2.49. The van der Waals surface area contributed by atoms with Crippen LogP contribution in [0.15, 0.2) is 36.4 Å². The molecule has 2 aliphatic carbocycles. The fourth-order valence-corrected chi connectivity index (χ4v) is 9.43. The van der Waals surface area contributed by atoms with Crippen molar-refractivity contribution >= 4 is 28.4 Å². The van der Waals surface area contributed by atoms with E-state index in [1.807, 2.05) is 24.3 Å². The van der Waals surface area contributed by atoms with Crippen molar-refractivity contribution < 1.29 is 23.2 Å². The summed E-state index contributed by atoms with van der Waals surface area (Å²) < 4.78 is 19.1. The van der Waals surface area contributed by atoms with E-state index in [1.54, 1.807) is 0 Å². The molecule has 5 nitrogen and oxygen atoms in total. The van der Waals surface area contributed by atoms with Gasteiger partial charge in [-0.05, 0) is 97.9 Å². The smallest absolute Gasteiger partial charge is 0.337 e. The highest BCUT2D eigenvalue weighted by atomic mass is 28.4. The summed E-state index contributed by atoms with van der Waals surface area (Å²) in [6.07, 6.45) is 14.0. The van der Waals surface area contributed by atoms with Crippen molar-refractivity contribution in [3.63, 3.8) is 0 Å². The van der Waals surface area contributed by atoms with Gasteiger partial charge in [-0.1, -0.05) is 85.6 Å². The van der Waals surface area contributed by atoms with Crippen LogP contribution in [0.5, 0.6) is 0 Å². The van der Waals surface area contributed by atoms with Crippen LogP contribution in [0.1, 0.15) is 116 Å².